The standard InChI is InChI=1S/C20H22N4.I2/c1-13-11-16-17(12-14(13)2)22-20-19(21-16)15-7-5-6-8-18(15)24(20)10-9-23(3)4;1-2/h5-8,11-12H,9-10H2,1-4H3;. The lowest BCUT2D eigenvalue weighted by Crippen LogP contribution is -2.18. The van der Waals surface area contributed by atoms with Gasteiger partial charge in [-0.15, -0.1) is 0 Å². The number of aryl methyl sites for hydroxylation is 2. The Labute approximate surface area is 177 Å². The van der Waals surface area contributed by atoms with Gasteiger partial charge >= 0.3 is 0 Å². The van der Waals surface area contributed by atoms with Crippen LogP contribution in [0.1, 0.15) is 11.1 Å². The molecule has 6 heteroatoms. The number of hydrogen-bond acceptors (Lipinski definition) is 3. The van der Waals surface area contributed by atoms with E-state index < -0.39 is 0 Å². The van der Waals surface area contributed by atoms with Crippen LogP contribution < -0.4 is 0 Å². The smallest absolute Gasteiger partial charge is 0.160 e. The average Bonchev–Trinajstić information content (AvgIpc) is 2.94. The Hall–Kier alpha value is -1.00. The molecule has 26 heavy (non-hydrogen) atoms. The summed E-state index contributed by atoms with van der Waals surface area (Å²) in [7, 11) is 4.20. The largest absolute Gasteiger partial charge is 0.323 e. The summed E-state index contributed by atoms with van der Waals surface area (Å²) in [5, 5.41) is 1.18. The van der Waals surface area contributed by atoms with E-state index in [1.165, 1.54) is 22.0 Å². The van der Waals surface area contributed by atoms with E-state index in [0.717, 1.165) is 35.3 Å². The van der Waals surface area contributed by atoms with Crippen LogP contribution in [0.25, 0.3) is 33.1 Å². The molecule has 0 unspecified atom stereocenters. The van der Waals surface area contributed by atoms with Crippen LogP contribution in [0, 0.1) is 13.8 Å². The number of aromatic nitrogens is 3. The fourth-order valence-electron chi connectivity index (χ4n) is 3.22. The predicted molar refractivity (Wildman–Crippen MR) is 129 cm³/mol. The summed E-state index contributed by atoms with van der Waals surface area (Å²) in [6.45, 7) is 6.13. The first-order valence-corrected chi connectivity index (χ1v) is 14.8. The lowest BCUT2D eigenvalue weighted by Gasteiger charge is -2.12. The molecule has 0 radical (unpaired) electrons. The second-order valence-corrected chi connectivity index (χ2v) is 6.79. The minimum atomic E-state index is 0.905. The molecule has 136 valence electrons. The number of halogens is 2. The van der Waals surface area contributed by atoms with E-state index in [2.05, 4.69) is 111 Å². The molecule has 2 heterocycles. The van der Waals surface area contributed by atoms with Crippen LogP contribution >= 0.6 is 37.2 Å². The Kier molecular flexibility index (Phi) is 6.34. The van der Waals surface area contributed by atoms with Gasteiger partial charge in [-0.1, -0.05) is 18.2 Å². The van der Waals surface area contributed by atoms with Crippen molar-refractivity contribution < 1.29 is 0 Å². The van der Waals surface area contributed by atoms with Gasteiger partial charge in [0.1, 0.15) is 5.52 Å². The molecule has 0 fully saturated rings. The molecule has 0 aliphatic rings. The molecular formula is C20H22I2N4. The first-order chi connectivity index (χ1) is 12.5. The van der Waals surface area contributed by atoms with E-state index in [1.807, 2.05) is 0 Å². The molecule has 0 amide bonds. The SMILES string of the molecule is Cc1cc2nc3c4ccccc4n(CCN(C)C)c3nc2cc1C.II. The number of likely N-dealkylation sites (N-methyl/N-ethyl adjacent to an activating group) is 1. The van der Waals surface area contributed by atoms with Gasteiger partial charge in [0.15, 0.2) is 5.65 Å². The Morgan fingerprint density at radius 2 is 1.58 bits per heavy atom. The molecule has 2 aromatic heterocycles. The van der Waals surface area contributed by atoms with Crippen LogP contribution in [-0.2, 0) is 6.54 Å². The summed E-state index contributed by atoms with van der Waals surface area (Å²) in [4.78, 5) is 12.1. The van der Waals surface area contributed by atoms with E-state index in [0.29, 0.717) is 0 Å². The molecule has 0 aliphatic heterocycles. The maximum atomic E-state index is 4.98. The van der Waals surface area contributed by atoms with E-state index in [1.54, 1.807) is 0 Å². The van der Waals surface area contributed by atoms with Crippen molar-refractivity contribution in [3.05, 3.63) is 47.5 Å². The van der Waals surface area contributed by atoms with Crippen LogP contribution in [-0.4, -0.2) is 40.1 Å². The zero-order valence-electron chi connectivity index (χ0n) is 15.4. The first-order valence-electron chi connectivity index (χ1n) is 8.49. The third-order valence-electron chi connectivity index (χ3n) is 4.74. The van der Waals surface area contributed by atoms with Gasteiger partial charge in [0.05, 0.1) is 16.6 Å². The lowest BCUT2D eigenvalue weighted by molar-refractivity contribution is 0.389. The molecule has 0 N–H and O–H groups in total. The summed E-state index contributed by atoms with van der Waals surface area (Å²) >= 11 is 4.24. The summed E-state index contributed by atoms with van der Waals surface area (Å²) < 4.78 is 2.30. The van der Waals surface area contributed by atoms with Gasteiger partial charge in [0.2, 0.25) is 0 Å². The Bertz CT molecular complexity index is 1070. The second kappa shape index (κ2) is 8.35. The van der Waals surface area contributed by atoms with E-state index in [4.69, 9.17) is 9.97 Å². The van der Waals surface area contributed by atoms with Crippen LogP contribution in [0.3, 0.4) is 0 Å². The average molecular weight is 572 g/mol. The molecule has 4 nitrogen and oxygen atoms in total. The molecule has 0 aliphatic carbocycles. The molecule has 0 saturated heterocycles. The van der Waals surface area contributed by atoms with Gasteiger partial charge < -0.3 is 9.47 Å². The number of fused-ring (bicyclic) bond motifs is 4. The van der Waals surface area contributed by atoms with Crippen molar-refractivity contribution in [1.82, 2.24) is 19.4 Å². The molecule has 4 aromatic rings. The zero-order valence-corrected chi connectivity index (χ0v) is 19.7. The van der Waals surface area contributed by atoms with Crippen molar-refractivity contribution in [2.75, 3.05) is 20.6 Å². The van der Waals surface area contributed by atoms with Crippen molar-refractivity contribution in [2.24, 2.45) is 0 Å². The fraction of sp³-hybridized carbons (Fsp3) is 0.300. The van der Waals surface area contributed by atoms with Gasteiger partial charge in [0.25, 0.3) is 0 Å². The van der Waals surface area contributed by atoms with Crippen molar-refractivity contribution in [3.63, 3.8) is 0 Å². The van der Waals surface area contributed by atoms with Crippen LogP contribution in [0.15, 0.2) is 36.4 Å². The topological polar surface area (TPSA) is 34.0 Å². The van der Waals surface area contributed by atoms with E-state index in [-0.39, 0.29) is 0 Å². The highest BCUT2D eigenvalue weighted by molar-refractivity contribution is 15.0. The lowest BCUT2D eigenvalue weighted by atomic mass is 10.1. The van der Waals surface area contributed by atoms with Crippen molar-refractivity contribution in [3.8, 4) is 0 Å². The van der Waals surface area contributed by atoms with Crippen LogP contribution in [0.5, 0.6) is 0 Å². The number of hydrogen-bond donors (Lipinski definition) is 0. The molecule has 0 bridgehead atoms. The summed E-state index contributed by atoms with van der Waals surface area (Å²) in [6.07, 6.45) is 0. The summed E-state index contributed by atoms with van der Waals surface area (Å²) in [5.74, 6) is 0. The van der Waals surface area contributed by atoms with Crippen molar-refractivity contribution in [2.45, 2.75) is 20.4 Å². The van der Waals surface area contributed by atoms with Gasteiger partial charge in [0, 0.05) is 55.7 Å². The first kappa shape index (κ1) is 19.8. The van der Waals surface area contributed by atoms with Gasteiger partial charge in [-0.2, -0.15) is 0 Å². The number of rotatable bonds is 3. The summed E-state index contributed by atoms with van der Waals surface area (Å²) in [6, 6.07) is 12.8. The number of para-hydroxylation sites is 1. The molecule has 0 atom stereocenters. The molecule has 0 spiro atoms. The van der Waals surface area contributed by atoms with Gasteiger partial charge in [-0.05, 0) is 57.3 Å². The molecular weight excluding hydrogens is 550 g/mol. The third kappa shape index (κ3) is 3.68. The Morgan fingerprint density at radius 3 is 2.23 bits per heavy atom. The molecule has 0 saturated carbocycles. The number of nitrogens with zero attached hydrogens (tertiary/aromatic N) is 4. The van der Waals surface area contributed by atoms with Crippen LogP contribution in [0.4, 0.5) is 0 Å². The zero-order chi connectivity index (χ0) is 18.8. The highest BCUT2D eigenvalue weighted by Gasteiger charge is 2.14. The Morgan fingerprint density at radius 1 is 0.962 bits per heavy atom. The van der Waals surface area contributed by atoms with Crippen LogP contribution in [0.2, 0.25) is 0 Å². The minimum absolute atomic E-state index is 0.905. The van der Waals surface area contributed by atoms with E-state index >= 15 is 0 Å². The maximum absolute atomic E-state index is 4.98. The maximum Gasteiger partial charge on any atom is 0.160 e. The van der Waals surface area contributed by atoms with E-state index in [9.17, 15) is 0 Å². The highest BCUT2D eigenvalue weighted by atomic mass is 128. The monoisotopic (exact) mass is 572 g/mol. The highest BCUT2D eigenvalue weighted by Crippen LogP contribution is 2.28. The third-order valence-corrected chi connectivity index (χ3v) is 4.74. The summed E-state index contributed by atoms with van der Waals surface area (Å²) in [5.41, 5.74) is 7.65. The fourth-order valence-corrected chi connectivity index (χ4v) is 3.22. The van der Waals surface area contributed by atoms with Crippen molar-refractivity contribution in [1.29, 1.82) is 0 Å². The Balaban J connectivity index is 0.000000948. The predicted octanol–water partition coefficient (Wildman–Crippen LogP) is 5.69. The number of benzene rings is 2. The molecule has 2 aromatic carbocycles. The minimum Gasteiger partial charge on any atom is -0.323 e. The normalized spacial score (nSPS) is 11.3. The quantitative estimate of drug-likeness (QED) is 0.296. The molecule has 4 rings (SSSR count). The van der Waals surface area contributed by atoms with Gasteiger partial charge in [-0.25, -0.2) is 9.97 Å². The van der Waals surface area contributed by atoms with Crippen molar-refractivity contribution >= 4 is 70.3 Å². The van der Waals surface area contributed by atoms with Gasteiger partial charge in [-0.3, -0.25) is 0 Å². The second-order valence-electron chi connectivity index (χ2n) is 6.79.